The number of fused-ring (bicyclic) bond motifs is 1. The number of hydrogen-bond acceptors (Lipinski definition) is 3. The quantitative estimate of drug-likeness (QED) is 0.357. The highest BCUT2D eigenvalue weighted by molar-refractivity contribution is 7.64. The Bertz CT molecular complexity index is 1050. The Morgan fingerprint density at radius 2 is 1.73 bits per heavy atom. The van der Waals surface area contributed by atoms with Gasteiger partial charge in [-0.25, -0.2) is 4.98 Å². The first-order valence-corrected chi connectivity index (χ1v) is 10.7. The van der Waals surface area contributed by atoms with Crippen LogP contribution in [0.4, 0.5) is 17.1 Å². The number of pyridine rings is 1. The number of nitrogens with zero attached hydrogens (tertiary/aromatic N) is 1. The first-order chi connectivity index (χ1) is 12.6. The Balaban J connectivity index is 1.76. The summed E-state index contributed by atoms with van der Waals surface area (Å²) < 4.78 is 0. The Morgan fingerprint density at radius 3 is 2.50 bits per heavy atom. The summed E-state index contributed by atoms with van der Waals surface area (Å²) in [6.07, 6.45) is 1.83. The van der Waals surface area contributed by atoms with Crippen molar-refractivity contribution in [1.82, 2.24) is 9.97 Å². The predicted octanol–water partition coefficient (Wildman–Crippen LogP) is 4.92. The van der Waals surface area contributed by atoms with Crippen molar-refractivity contribution >= 4 is 41.3 Å². The van der Waals surface area contributed by atoms with Gasteiger partial charge in [-0.3, -0.25) is 0 Å². The zero-order chi connectivity index (χ0) is 18.1. The van der Waals surface area contributed by atoms with E-state index in [1.165, 1.54) is 5.30 Å². The molecule has 26 heavy (non-hydrogen) atoms. The van der Waals surface area contributed by atoms with Gasteiger partial charge in [0.2, 0.25) is 0 Å². The first-order valence-electron chi connectivity index (χ1n) is 8.49. The smallest absolute Gasteiger partial charge is 0.139 e. The Labute approximate surface area is 154 Å². The molecule has 0 saturated carbocycles. The number of benzene rings is 2. The minimum absolute atomic E-state index is 0.188. The fraction of sp³-hybridized carbons (Fsp3) is 0.0952. The molecule has 0 aliphatic heterocycles. The van der Waals surface area contributed by atoms with Crippen LogP contribution in [-0.4, -0.2) is 23.3 Å². The van der Waals surface area contributed by atoms with Gasteiger partial charge in [0.15, 0.2) is 0 Å². The standard InChI is InChI=1S/C21H21N4P/c1-26(2)20-6-4-3-5-18(20)24-17-11-12-23-21-16(17)13-19(25-21)14-7-9-15(22)10-8-14/h3-13H,22H2,1-2H3,(H2,23,24,25). The molecule has 2 aromatic heterocycles. The highest BCUT2D eigenvalue weighted by Gasteiger charge is 2.11. The van der Waals surface area contributed by atoms with Crippen LogP contribution in [0, 0.1) is 0 Å². The van der Waals surface area contributed by atoms with Crippen LogP contribution in [0.1, 0.15) is 0 Å². The lowest BCUT2D eigenvalue weighted by Crippen LogP contribution is -2.06. The summed E-state index contributed by atoms with van der Waals surface area (Å²) >= 11 is 0. The fourth-order valence-corrected chi connectivity index (χ4v) is 4.06. The second-order valence-corrected chi connectivity index (χ2v) is 8.73. The van der Waals surface area contributed by atoms with E-state index in [4.69, 9.17) is 5.73 Å². The maximum absolute atomic E-state index is 5.80. The van der Waals surface area contributed by atoms with Crippen LogP contribution >= 0.6 is 7.92 Å². The Hall–Kier alpha value is -2.84. The zero-order valence-electron chi connectivity index (χ0n) is 14.8. The van der Waals surface area contributed by atoms with Gasteiger partial charge in [0.25, 0.3) is 0 Å². The lowest BCUT2D eigenvalue weighted by molar-refractivity contribution is 1.32. The monoisotopic (exact) mass is 360 g/mol. The van der Waals surface area contributed by atoms with Crippen molar-refractivity contribution < 1.29 is 0 Å². The normalized spacial score (nSPS) is 11.2. The van der Waals surface area contributed by atoms with Crippen molar-refractivity contribution in [2.45, 2.75) is 0 Å². The van der Waals surface area contributed by atoms with Gasteiger partial charge in [0, 0.05) is 28.7 Å². The number of hydrogen-bond donors (Lipinski definition) is 3. The highest BCUT2D eigenvalue weighted by Crippen LogP contribution is 2.33. The SMILES string of the molecule is CP(C)c1ccccc1Nc1ccnc2[nH]c(-c3ccc(N)cc3)cc12. The number of aromatic nitrogens is 2. The third-order valence-corrected chi connectivity index (χ3v) is 5.76. The van der Waals surface area contributed by atoms with Gasteiger partial charge < -0.3 is 16.0 Å². The lowest BCUT2D eigenvalue weighted by atomic mass is 10.1. The van der Waals surface area contributed by atoms with E-state index in [0.29, 0.717) is 0 Å². The molecule has 0 aliphatic rings. The molecule has 0 spiro atoms. The van der Waals surface area contributed by atoms with E-state index in [9.17, 15) is 0 Å². The largest absolute Gasteiger partial charge is 0.399 e. The molecule has 0 fully saturated rings. The summed E-state index contributed by atoms with van der Waals surface area (Å²) in [6, 6.07) is 20.5. The highest BCUT2D eigenvalue weighted by atomic mass is 31.1. The zero-order valence-corrected chi connectivity index (χ0v) is 15.7. The van der Waals surface area contributed by atoms with E-state index < -0.39 is 0 Å². The molecule has 0 radical (unpaired) electrons. The van der Waals surface area contributed by atoms with Gasteiger partial charge in [0.05, 0.1) is 5.69 Å². The fourth-order valence-electron chi connectivity index (χ4n) is 3.07. The Morgan fingerprint density at radius 1 is 0.962 bits per heavy atom. The van der Waals surface area contributed by atoms with Gasteiger partial charge in [-0.15, -0.1) is 0 Å². The second kappa shape index (κ2) is 6.81. The minimum atomic E-state index is -0.188. The summed E-state index contributed by atoms with van der Waals surface area (Å²) in [5, 5.41) is 6.04. The van der Waals surface area contributed by atoms with Gasteiger partial charge in [-0.2, -0.15) is 0 Å². The third-order valence-electron chi connectivity index (χ3n) is 4.41. The van der Waals surface area contributed by atoms with Crippen LogP contribution in [0.25, 0.3) is 22.3 Å². The molecule has 130 valence electrons. The molecule has 0 saturated heterocycles. The number of anilines is 3. The number of para-hydroxylation sites is 1. The van der Waals surface area contributed by atoms with Crippen molar-refractivity contribution in [3.05, 3.63) is 66.9 Å². The number of H-pyrrole nitrogens is 1. The summed E-state index contributed by atoms with van der Waals surface area (Å²) in [7, 11) is -0.188. The van der Waals surface area contributed by atoms with Crippen molar-refractivity contribution in [3.8, 4) is 11.3 Å². The van der Waals surface area contributed by atoms with E-state index in [1.54, 1.807) is 0 Å². The van der Waals surface area contributed by atoms with Crippen LogP contribution < -0.4 is 16.4 Å². The van der Waals surface area contributed by atoms with Gasteiger partial charge in [0.1, 0.15) is 5.65 Å². The average Bonchev–Trinajstić information content (AvgIpc) is 3.08. The number of nitrogen functional groups attached to an aromatic ring is 1. The van der Waals surface area contributed by atoms with Crippen molar-refractivity contribution in [1.29, 1.82) is 0 Å². The molecular weight excluding hydrogens is 339 g/mol. The molecule has 0 atom stereocenters. The molecule has 5 heteroatoms. The van der Waals surface area contributed by atoms with Crippen LogP contribution in [0.15, 0.2) is 66.9 Å². The van der Waals surface area contributed by atoms with Gasteiger partial charge in [-0.05, 0) is 54.5 Å². The van der Waals surface area contributed by atoms with Crippen LogP contribution in [0.5, 0.6) is 0 Å². The number of nitrogens with one attached hydrogen (secondary N) is 2. The molecule has 2 aromatic carbocycles. The van der Waals surface area contributed by atoms with Crippen molar-refractivity contribution in [2.75, 3.05) is 24.4 Å². The summed E-state index contributed by atoms with van der Waals surface area (Å²) in [6.45, 7) is 4.54. The third kappa shape index (κ3) is 3.16. The molecular formula is C21H21N4P. The van der Waals surface area contributed by atoms with E-state index in [-0.39, 0.29) is 7.92 Å². The molecule has 0 unspecified atom stereocenters. The molecule has 4 N–H and O–H groups in total. The minimum Gasteiger partial charge on any atom is -0.399 e. The maximum atomic E-state index is 5.80. The van der Waals surface area contributed by atoms with E-state index in [1.807, 2.05) is 36.5 Å². The second-order valence-electron chi connectivity index (χ2n) is 6.46. The molecule has 4 nitrogen and oxygen atoms in total. The molecule has 0 bridgehead atoms. The molecule has 4 rings (SSSR count). The lowest BCUT2D eigenvalue weighted by Gasteiger charge is -2.15. The summed E-state index contributed by atoms with van der Waals surface area (Å²) in [5.74, 6) is 0. The van der Waals surface area contributed by atoms with Crippen molar-refractivity contribution in [3.63, 3.8) is 0 Å². The molecule has 4 aromatic rings. The molecule has 0 aliphatic carbocycles. The van der Waals surface area contributed by atoms with Crippen LogP contribution in [-0.2, 0) is 0 Å². The molecule has 0 amide bonds. The number of aromatic amines is 1. The number of nitrogens with two attached hydrogens (primary N) is 1. The topological polar surface area (TPSA) is 66.7 Å². The van der Waals surface area contributed by atoms with E-state index in [0.717, 1.165) is 39.4 Å². The number of rotatable bonds is 4. The van der Waals surface area contributed by atoms with E-state index >= 15 is 0 Å². The Kier molecular flexibility index (Phi) is 4.36. The summed E-state index contributed by atoms with van der Waals surface area (Å²) in [5.41, 5.74) is 11.8. The van der Waals surface area contributed by atoms with Crippen LogP contribution in [0.3, 0.4) is 0 Å². The summed E-state index contributed by atoms with van der Waals surface area (Å²) in [4.78, 5) is 7.90. The molecule has 2 heterocycles. The predicted molar refractivity (Wildman–Crippen MR) is 114 cm³/mol. The van der Waals surface area contributed by atoms with Crippen molar-refractivity contribution in [2.24, 2.45) is 0 Å². The van der Waals surface area contributed by atoms with Gasteiger partial charge >= 0.3 is 0 Å². The van der Waals surface area contributed by atoms with Crippen LogP contribution in [0.2, 0.25) is 0 Å². The average molecular weight is 360 g/mol. The van der Waals surface area contributed by atoms with Gasteiger partial charge in [-0.1, -0.05) is 38.3 Å². The van der Waals surface area contributed by atoms with E-state index in [2.05, 4.69) is 58.9 Å². The first kappa shape index (κ1) is 16.6. The maximum Gasteiger partial charge on any atom is 0.139 e.